The molecule has 0 atom stereocenters. The number of benzene rings is 9. The van der Waals surface area contributed by atoms with Crippen LogP contribution in [-0.2, 0) is 31.9 Å². The number of ether oxygens (including phenoxy) is 4. The van der Waals surface area contributed by atoms with Crippen LogP contribution in [0.15, 0.2) is 182 Å². The Balaban J connectivity index is 0.00000518. The zero-order valence-electron chi connectivity index (χ0n) is 42.6. The average Bonchev–Trinajstić information content (AvgIpc) is 4.25. The van der Waals surface area contributed by atoms with Gasteiger partial charge in [0.2, 0.25) is 0 Å². The van der Waals surface area contributed by atoms with E-state index in [9.17, 15) is 0 Å². The summed E-state index contributed by atoms with van der Waals surface area (Å²) in [5.74, 6) is 6.45. The third-order valence-corrected chi connectivity index (χ3v) is 16.1. The maximum atomic E-state index is 7.08. The first-order valence-corrected chi connectivity index (χ1v) is 25.9. The van der Waals surface area contributed by atoms with Gasteiger partial charge in [-0.05, 0) is 91.7 Å². The van der Waals surface area contributed by atoms with Crippen LogP contribution in [0.3, 0.4) is 0 Å². The van der Waals surface area contributed by atoms with Gasteiger partial charge in [0.25, 0.3) is 13.0 Å². The Morgan fingerprint density at radius 3 is 1.92 bits per heavy atom. The number of hydrogen-bond acceptors (Lipinski definition) is 5. The first kappa shape index (κ1) is 45.7. The molecule has 3 aromatic heterocycles. The van der Waals surface area contributed by atoms with Gasteiger partial charge >= 0.3 is 0 Å². The maximum absolute atomic E-state index is 7.08. The smallest absolute Gasteiger partial charge is 0.270 e. The van der Waals surface area contributed by atoms with Crippen LogP contribution in [0.25, 0.3) is 72.3 Å². The van der Waals surface area contributed by atoms with Gasteiger partial charge in [0.15, 0.2) is 0 Å². The number of rotatable bonds is 6. The average molecular weight is 1180 g/mol. The van der Waals surface area contributed by atoms with Crippen molar-refractivity contribution in [3.63, 3.8) is 0 Å². The van der Waals surface area contributed by atoms with Crippen LogP contribution < -0.4 is 39.9 Å². The minimum atomic E-state index is -0.368. The van der Waals surface area contributed by atoms with Crippen LogP contribution in [0, 0.1) is 18.5 Å². The third kappa shape index (κ3) is 6.56. The first-order chi connectivity index (χ1) is 37.1. The predicted molar refractivity (Wildman–Crippen MR) is 299 cm³/mol. The van der Waals surface area contributed by atoms with Crippen molar-refractivity contribution in [1.82, 2.24) is 14.1 Å². The zero-order valence-corrected chi connectivity index (χ0v) is 44.9. The SMILES string of the molecule is CC(C)(C)c1ccnc(-n2c3[c-]c(Oc4[c-]c5c(cc4)C(C)(C)c4cccc6c4n-5[c-][n+]6-c4c(-c5ccccc5)cccc4-c4ccccc4)ccc3c3c4c5c(cc32)Oc2cccc3c2B5c2c(cccc2O4)O3)c1.[Pt]. The summed E-state index contributed by atoms with van der Waals surface area (Å²) in [6.45, 7) is 11.1. The molecule has 9 aromatic carbocycles. The Kier molecular flexibility index (Phi) is 9.75. The van der Waals surface area contributed by atoms with Crippen LogP contribution in [-0.4, -0.2) is 20.8 Å². The molecule has 0 N–H and O–H groups in total. The van der Waals surface area contributed by atoms with Gasteiger partial charge in [0.1, 0.15) is 40.3 Å². The molecule has 0 saturated carbocycles. The van der Waals surface area contributed by atoms with E-state index in [1.807, 2.05) is 54.7 Å². The summed E-state index contributed by atoms with van der Waals surface area (Å²) in [5.41, 5.74) is 16.2. The van der Waals surface area contributed by atoms with Crippen molar-refractivity contribution in [3.05, 3.63) is 217 Å². The van der Waals surface area contributed by atoms with Crippen LogP contribution >= 0.6 is 0 Å². The van der Waals surface area contributed by atoms with Gasteiger partial charge in [-0.25, -0.2) is 4.98 Å². The molecule has 0 spiro atoms. The fourth-order valence-electron chi connectivity index (χ4n) is 12.5. The normalized spacial score (nSPS) is 13.8. The second-order valence-electron chi connectivity index (χ2n) is 21.8. The molecular weight excluding hydrogens is 1130 g/mol. The summed E-state index contributed by atoms with van der Waals surface area (Å²) >= 11 is 0. The molecule has 0 bridgehead atoms. The monoisotopic (exact) mass is 1180 g/mol. The minimum absolute atomic E-state index is 0. The Morgan fingerprint density at radius 2 is 1.23 bits per heavy atom. The number of fused-ring (bicyclic) bond motifs is 6. The van der Waals surface area contributed by atoms with Gasteiger partial charge < -0.3 is 28.1 Å². The second kappa shape index (κ2) is 16.4. The zero-order chi connectivity index (χ0) is 50.8. The van der Waals surface area contributed by atoms with Gasteiger partial charge in [-0.3, -0.25) is 4.57 Å². The number of aromatic nitrogens is 4. The minimum Gasteiger partial charge on any atom is -0.510 e. The Hall–Kier alpha value is -8.65. The van der Waals surface area contributed by atoms with Crippen LogP contribution in [0.4, 0.5) is 0 Å². The molecule has 12 aromatic rings. The standard InChI is InChI=1S/C67H45BN4O4.Pt/c1-66(2,3)41-32-33-69-58(34-41)72-50-35-42(28-30-46(50)59-52(72)37-57-62-65(59)76-56-27-15-25-54-61(56)68(62)60-53(74-54)24-14-26-55(60)75-57)73-43-29-31-47-51(36-43)71-38-70(49-23-13-22-48(64(49)71)67(47,4)5)63-44(39-16-8-6-9-17-39)20-12-21-45(63)40-18-10-7-11-19-40;/h6-34,37H,1-5H3;/q-2;. The van der Waals surface area contributed by atoms with E-state index in [0.717, 1.165) is 134 Å². The van der Waals surface area contributed by atoms with E-state index in [1.54, 1.807) is 0 Å². The van der Waals surface area contributed by atoms with Gasteiger partial charge in [0, 0.05) is 66.7 Å². The van der Waals surface area contributed by atoms with Crippen LogP contribution in [0.1, 0.15) is 51.3 Å². The van der Waals surface area contributed by atoms with Gasteiger partial charge in [0.05, 0.1) is 16.7 Å². The molecule has 0 unspecified atom stereocenters. The first-order valence-electron chi connectivity index (χ1n) is 25.9. The van der Waals surface area contributed by atoms with E-state index >= 15 is 0 Å². The molecule has 0 aliphatic carbocycles. The van der Waals surface area contributed by atoms with Crippen molar-refractivity contribution in [3.8, 4) is 85.4 Å². The molecule has 16 rings (SSSR count). The summed E-state index contributed by atoms with van der Waals surface area (Å²) in [7, 11) is 0. The fourth-order valence-corrected chi connectivity index (χ4v) is 12.5. The van der Waals surface area contributed by atoms with E-state index in [1.165, 1.54) is 5.56 Å². The molecule has 4 aliphatic rings. The fraction of sp³-hybridized carbons (Fsp3) is 0.104. The Morgan fingerprint density at radius 1 is 0.610 bits per heavy atom. The van der Waals surface area contributed by atoms with Crippen molar-refractivity contribution in [2.24, 2.45) is 0 Å². The van der Waals surface area contributed by atoms with Crippen molar-refractivity contribution in [2.75, 3.05) is 0 Å². The van der Waals surface area contributed by atoms with Crippen LogP contribution in [0.5, 0.6) is 46.0 Å². The molecule has 0 amide bonds. The molecule has 8 nitrogen and oxygen atoms in total. The molecule has 372 valence electrons. The van der Waals surface area contributed by atoms with Crippen molar-refractivity contribution in [2.45, 2.75) is 45.4 Å². The van der Waals surface area contributed by atoms with Crippen LogP contribution in [0.2, 0.25) is 0 Å². The summed E-state index contributed by atoms with van der Waals surface area (Å²) in [6.07, 6.45) is 5.79. The molecule has 77 heavy (non-hydrogen) atoms. The molecule has 10 heteroatoms. The van der Waals surface area contributed by atoms with Crippen molar-refractivity contribution < 1.29 is 44.6 Å². The summed E-state index contributed by atoms with van der Waals surface area (Å²) in [4.78, 5) is 5.05. The third-order valence-electron chi connectivity index (χ3n) is 16.1. The molecule has 4 aliphatic heterocycles. The number of pyridine rings is 1. The van der Waals surface area contributed by atoms with Gasteiger partial charge in [-0.2, -0.15) is 12.1 Å². The van der Waals surface area contributed by atoms with Gasteiger partial charge in [-0.15, -0.1) is 29.8 Å². The number of para-hydroxylation sites is 2. The largest absolute Gasteiger partial charge is 0.510 e. The molecule has 7 heterocycles. The summed E-state index contributed by atoms with van der Waals surface area (Å²) < 4.78 is 34.0. The maximum Gasteiger partial charge on any atom is 0.270 e. The van der Waals surface area contributed by atoms with E-state index < -0.39 is 0 Å². The summed E-state index contributed by atoms with van der Waals surface area (Å²) in [6, 6.07) is 68.8. The molecule has 0 saturated heterocycles. The number of hydrogen-bond donors (Lipinski definition) is 0. The van der Waals surface area contributed by atoms with Crippen molar-refractivity contribution >= 4 is 55.9 Å². The Bertz CT molecular complexity index is 4430. The second-order valence-corrected chi connectivity index (χ2v) is 21.8. The Labute approximate surface area is 460 Å². The molecule has 0 fully saturated rings. The van der Waals surface area contributed by atoms with E-state index in [2.05, 4.69) is 194 Å². The number of imidazole rings is 1. The predicted octanol–water partition coefficient (Wildman–Crippen LogP) is 13.7. The summed E-state index contributed by atoms with van der Waals surface area (Å²) in [5, 5.41) is 1.89. The molecule has 0 radical (unpaired) electrons. The topological polar surface area (TPSA) is 63.6 Å². The number of nitrogens with zero attached hydrogens (tertiary/aromatic N) is 4. The molecular formula is C67H45BN4O4Pt-2. The van der Waals surface area contributed by atoms with E-state index in [-0.39, 0.29) is 38.6 Å². The van der Waals surface area contributed by atoms with E-state index in [4.69, 9.17) is 23.9 Å². The quantitative estimate of drug-likeness (QED) is 0.0943. The van der Waals surface area contributed by atoms with Gasteiger partial charge in [-0.1, -0.05) is 155 Å². The van der Waals surface area contributed by atoms with Crippen molar-refractivity contribution in [1.29, 1.82) is 0 Å². The van der Waals surface area contributed by atoms with E-state index in [0.29, 0.717) is 11.5 Å².